The second-order valence-corrected chi connectivity index (χ2v) is 2.50. The third kappa shape index (κ3) is 5.50. The van der Waals surface area contributed by atoms with Gasteiger partial charge in [0.2, 0.25) is 0 Å². The zero-order valence-electron chi connectivity index (χ0n) is 5.91. The summed E-state index contributed by atoms with van der Waals surface area (Å²) in [6.45, 7) is 4.00. The van der Waals surface area contributed by atoms with Crippen molar-refractivity contribution in [3.05, 3.63) is 6.92 Å². The maximum Gasteiger partial charge on any atom is 2.00 e. The van der Waals surface area contributed by atoms with E-state index in [9.17, 15) is 0 Å². The summed E-state index contributed by atoms with van der Waals surface area (Å²) in [5.41, 5.74) is 0. The van der Waals surface area contributed by atoms with Crippen LogP contribution in [0.3, 0.4) is 0 Å². The predicted octanol–water partition coefficient (Wildman–Crippen LogP) is -0.976. The molecule has 0 aromatic rings. The van der Waals surface area contributed by atoms with E-state index < -0.39 is 0 Å². The van der Waals surface area contributed by atoms with E-state index >= 15 is 0 Å². The first-order valence-electron chi connectivity index (χ1n) is 3.22. The van der Waals surface area contributed by atoms with Crippen LogP contribution in [0.25, 0.3) is 0 Å². The van der Waals surface area contributed by atoms with Crippen LogP contribution < -0.4 is 12.4 Å². The van der Waals surface area contributed by atoms with Gasteiger partial charge in [-0.1, -0.05) is 32.1 Å². The van der Waals surface area contributed by atoms with Gasteiger partial charge in [-0.15, -0.1) is 0 Å². The SMILES string of the molecule is [CH2-]C1CCCCC1.[Cl-].[Mg+2]. The Labute approximate surface area is 80.3 Å². The van der Waals surface area contributed by atoms with Gasteiger partial charge in [0, 0.05) is 0 Å². The van der Waals surface area contributed by atoms with Gasteiger partial charge in [0.05, 0.1) is 0 Å². The van der Waals surface area contributed by atoms with Crippen LogP contribution in [0.1, 0.15) is 32.1 Å². The van der Waals surface area contributed by atoms with Crippen molar-refractivity contribution < 1.29 is 12.4 Å². The zero-order valence-corrected chi connectivity index (χ0v) is 8.08. The molecule has 50 valence electrons. The van der Waals surface area contributed by atoms with Gasteiger partial charge in [-0.25, -0.2) is 0 Å². The van der Waals surface area contributed by atoms with E-state index in [1.807, 2.05) is 0 Å². The molecule has 0 radical (unpaired) electrons. The Kier molecular flexibility index (Phi) is 10.1. The molecule has 0 aromatic carbocycles. The molecular weight excluding hydrogens is 144 g/mol. The molecular formula is C7H13ClMg. The number of hydrogen-bond acceptors (Lipinski definition) is 0. The summed E-state index contributed by atoms with van der Waals surface area (Å²) < 4.78 is 0. The smallest absolute Gasteiger partial charge is 1.00 e. The summed E-state index contributed by atoms with van der Waals surface area (Å²) in [5.74, 6) is 0.786. The summed E-state index contributed by atoms with van der Waals surface area (Å²) in [5, 5.41) is 0. The molecule has 0 N–H and O–H groups in total. The van der Waals surface area contributed by atoms with E-state index in [0.717, 1.165) is 5.92 Å². The topological polar surface area (TPSA) is 0 Å². The van der Waals surface area contributed by atoms with E-state index in [1.165, 1.54) is 32.1 Å². The van der Waals surface area contributed by atoms with Crippen molar-refractivity contribution in [3.63, 3.8) is 0 Å². The molecule has 0 aliphatic heterocycles. The first kappa shape index (κ1) is 12.7. The van der Waals surface area contributed by atoms with E-state index in [1.54, 1.807) is 0 Å². The maximum atomic E-state index is 4.00. The van der Waals surface area contributed by atoms with Crippen molar-refractivity contribution in [2.45, 2.75) is 32.1 Å². The molecule has 0 spiro atoms. The number of rotatable bonds is 0. The summed E-state index contributed by atoms with van der Waals surface area (Å²) in [4.78, 5) is 0. The van der Waals surface area contributed by atoms with Crippen LogP contribution in [0.5, 0.6) is 0 Å². The molecule has 0 atom stereocenters. The largest absolute Gasteiger partial charge is 2.00 e. The van der Waals surface area contributed by atoms with Crippen molar-refractivity contribution in [1.29, 1.82) is 0 Å². The molecule has 1 fully saturated rings. The molecule has 0 amide bonds. The van der Waals surface area contributed by atoms with Crippen molar-refractivity contribution in [3.8, 4) is 0 Å². The third-order valence-corrected chi connectivity index (χ3v) is 1.72. The fraction of sp³-hybridized carbons (Fsp3) is 0.857. The minimum atomic E-state index is 0. The van der Waals surface area contributed by atoms with Gasteiger partial charge < -0.3 is 19.3 Å². The summed E-state index contributed by atoms with van der Waals surface area (Å²) in [7, 11) is 0. The van der Waals surface area contributed by atoms with Gasteiger partial charge in [0.1, 0.15) is 0 Å². The normalized spacial score (nSPS) is 19.7. The number of hydrogen-bond donors (Lipinski definition) is 0. The van der Waals surface area contributed by atoms with Crippen molar-refractivity contribution in [2.24, 2.45) is 5.92 Å². The van der Waals surface area contributed by atoms with Crippen molar-refractivity contribution in [1.82, 2.24) is 0 Å². The van der Waals surface area contributed by atoms with Crippen molar-refractivity contribution in [2.75, 3.05) is 0 Å². The minimum Gasteiger partial charge on any atom is -1.00 e. The molecule has 2 heteroatoms. The molecule has 0 saturated heterocycles. The van der Waals surface area contributed by atoms with Gasteiger partial charge >= 0.3 is 23.1 Å². The monoisotopic (exact) mass is 156 g/mol. The second kappa shape index (κ2) is 7.17. The number of halogens is 1. The standard InChI is InChI=1S/C7H13.ClH.Mg/c1-7-5-3-2-4-6-7;;/h7H,1-6H2;1H;/q-1;;+2/p-1. The van der Waals surface area contributed by atoms with Crippen molar-refractivity contribution >= 4 is 23.1 Å². The Balaban J connectivity index is 0. The molecule has 1 rings (SSSR count). The van der Waals surface area contributed by atoms with Crippen LogP contribution >= 0.6 is 0 Å². The van der Waals surface area contributed by atoms with Crippen LogP contribution in [-0.4, -0.2) is 23.1 Å². The molecule has 9 heavy (non-hydrogen) atoms. The van der Waals surface area contributed by atoms with Crippen LogP contribution in [0.4, 0.5) is 0 Å². The molecule has 1 aliphatic carbocycles. The van der Waals surface area contributed by atoms with Gasteiger partial charge in [-0.2, -0.15) is 5.92 Å². The Morgan fingerprint density at radius 1 is 1.00 bits per heavy atom. The molecule has 1 aliphatic rings. The molecule has 0 nitrogen and oxygen atoms in total. The van der Waals surface area contributed by atoms with E-state index in [0.29, 0.717) is 0 Å². The van der Waals surface area contributed by atoms with Gasteiger partial charge in [-0.05, 0) is 0 Å². The third-order valence-electron chi connectivity index (χ3n) is 1.72. The minimum absolute atomic E-state index is 0. The summed E-state index contributed by atoms with van der Waals surface area (Å²) >= 11 is 0. The van der Waals surface area contributed by atoms with Gasteiger partial charge in [-0.3, -0.25) is 0 Å². The van der Waals surface area contributed by atoms with E-state index in [-0.39, 0.29) is 35.5 Å². The summed E-state index contributed by atoms with van der Waals surface area (Å²) in [6.07, 6.45) is 7.05. The molecule has 1 saturated carbocycles. The Hall–Kier alpha value is 1.06. The van der Waals surface area contributed by atoms with Crippen LogP contribution in [0.2, 0.25) is 0 Å². The zero-order chi connectivity index (χ0) is 5.11. The van der Waals surface area contributed by atoms with Crippen LogP contribution in [0.15, 0.2) is 0 Å². The van der Waals surface area contributed by atoms with Crippen LogP contribution in [-0.2, 0) is 0 Å². The van der Waals surface area contributed by atoms with E-state index in [2.05, 4.69) is 6.92 Å². The average Bonchev–Trinajstić information content (AvgIpc) is 1.69. The Bertz CT molecular complexity index is 50.9. The molecule has 0 unspecified atom stereocenters. The first-order chi connectivity index (χ1) is 3.39. The molecule has 0 heterocycles. The summed E-state index contributed by atoms with van der Waals surface area (Å²) in [6, 6.07) is 0. The van der Waals surface area contributed by atoms with E-state index in [4.69, 9.17) is 0 Å². The fourth-order valence-corrected chi connectivity index (χ4v) is 1.19. The maximum absolute atomic E-state index is 4.00. The Morgan fingerprint density at radius 2 is 1.44 bits per heavy atom. The average molecular weight is 157 g/mol. The Morgan fingerprint density at radius 3 is 1.67 bits per heavy atom. The first-order valence-corrected chi connectivity index (χ1v) is 3.22. The van der Waals surface area contributed by atoms with Gasteiger partial charge in [0.25, 0.3) is 0 Å². The molecule has 0 bridgehead atoms. The second-order valence-electron chi connectivity index (χ2n) is 2.50. The molecule has 0 aromatic heterocycles. The predicted molar refractivity (Wildman–Crippen MR) is 37.7 cm³/mol. The fourth-order valence-electron chi connectivity index (χ4n) is 1.19. The van der Waals surface area contributed by atoms with Gasteiger partial charge in [0.15, 0.2) is 0 Å². The van der Waals surface area contributed by atoms with Crippen LogP contribution in [0, 0.1) is 12.8 Å². The quantitative estimate of drug-likeness (QED) is 0.313.